The predicted octanol–water partition coefficient (Wildman–Crippen LogP) is 12.6. The summed E-state index contributed by atoms with van der Waals surface area (Å²) in [7, 11) is 1.61. The lowest BCUT2D eigenvalue weighted by molar-refractivity contribution is -0.870. The van der Waals surface area contributed by atoms with Gasteiger partial charge in [0.1, 0.15) is 13.2 Å². The molecule has 0 saturated carbocycles. The van der Waals surface area contributed by atoms with Crippen molar-refractivity contribution in [2.24, 2.45) is 0 Å². The van der Waals surface area contributed by atoms with Gasteiger partial charge in [0.05, 0.1) is 39.9 Å². The van der Waals surface area contributed by atoms with Crippen LogP contribution in [0.4, 0.5) is 0 Å². The van der Waals surface area contributed by atoms with Crippen LogP contribution in [-0.2, 0) is 18.4 Å². The van der Waals surface area contributed by atoms with Crippen LogP contribution in [0.3, 0.4) is 0 Å². The highest BCUT2D eigenvalue weighted by molar-refractivity contribution is 7.47. The first kappa shape index (κ1) is 52.5. The number of amides is 1. The zero-order valence-corrected chi connectivity index (χ0v) is 36.9. The Hall–Kier alpha value is -0.500. The van der Waals surface area contributed by atoms with E-state index >= 15 is 0 Å². The number of phosphoric ester groups is 1. The molecule has 0 rings (SSSR count). The van der Waals surface area contributed by atoms with Gasteiger partial charge in [0.25, 0.3) is 0 Å². The number of aliphatic hydroxyl groups is 1. The molecule has 0 aliphatic carbocycles. The molecule has 318 valence electrons. The number of phosphoric acid groups is 1. The van der Waals surface area contributed by atoms with E-state index in [2.05, 4.69) is 12.2 Å². The number of unbranched alkanes of at least 4 members (excludes halogenated alkanes) is 31. The van der Waals surface area contributed by atoms with E-state index < -0.39 is 20.0 Å². The van der Waals surface area contributed by atoms with Crippen molar-refractivity contribution in [3.8, 4) is 0 Å². The van der Waals surface area contributed by atoms with E-state index in [1.54, 1.807) is 0 Å². The van der Waals surface area contributed by atoms with Crippen LogP contribution in [0.25, 0.3) is 0 Å². The summed E-state index contributed by atoms with van der Waals surface area (Å²) in [4.78, 5) is 21.6. The molecule has 0 heterocycles. The number of nitrogens with one attached hydrogen (secondary N) is 1. The van der Waals surface area contributed by atoms with Crippen molar-refractivity contribution in [1.82, 2.24) is 5.32 Å². The third kappa shape index (κ3) is 41.0. The minimum Gasteiger partial charge on any atom is -0.391 e. The van der Waals surface area contributed by atoms with Crippen LogP contribution in [0.5, 0.6) is 0 Å². The molecule has 0 aromatic rings. The second kappa shape index (κ2) is 37.1. The summed E-state index contributed by atoms with van der Waals surface area (Å²) >= 11 is 0. The zero-order chi connectivity index (χ0) is 39.3. The van der Waals surface area contributed by atoms with Gasteiger partial charge in [0.15, 0.2) is 0 Å². The van der Waals surface area contributed by atoms with Crippen molar-refractivity contribution in [2.75, 3.05) is 40.9 Å². The standard InChI is InChI=1S/C44H91N2O6P/c1-6-7-8-9-10-11-12-13-14-15-16-17-18-19-20-21-22-23-24-25-26-27-28-29-30-31-32-33-34-35-36-37-38-44(48)43(45-42(2)47)41-52-53(49,50)51-40-39-46(3,4)5/h43-44,48H,6-41H2,1-5H3,(H-,45,47,49,50)/p+1. The number of carbonyl (C=O) groups excluding carboxylic acids is 1. The van der Waals surface area contributed by atoms with Gasteiger partial charge in [-0.05, 0) is 6.42 Å². The lowest BCUT2D eigenvalue weighted by Crippen LogP contribution is -2.45. The Morgan fingerprint density at radius 2 is 0.868 bits per heavy atom. The monoisotopic (exact) mass is 776 g/mol. The molecule has 0 spiro atoms. The first-order valence-corrected chi connectivity index (χ1v) is 24.3. The van der Waals surface area contributed by atoms with E-state index in [1.165, 1.54) is 193 Å². The number of nitrogens with zero attached hydrogens (tertiary/aromatic N) is 1. The van der Waals surface area contributed by atoms with Crippen molar-refractivity contribution in [1.29, 1.82) is 0 Å². The molecule has 1 amide bonds. The van der Waals surface area contributed by atoms with Crippen molar-refractivity contribution >= 4 is 13.7 Å². The number of aliphatic hydroxyl groups excluding tert-OH is 1. The molecule has 53 heavy (non-hydrogen) atoms. The quantitative estimate of drug-likeness (QED) is 0.0324. The van der Waals surface area contributed by atoms with Crippen LogP contribution in [-0.4, -0.2) is 73.4 Å². The van der Waals surface area contributed by atoms with Gasteiger partial charge in [0.2, 0.25) is 5.91 Å². The Balaban J connectivity index is 3.50. The lowest BCUT2D eigenvalue weighted by Gasteiger charge is -2.26. The van der Waals surface area contributed by atoms with Gasteiger partial charge >= 0.3 is 7.82 Å². The maximum atomic E-state index is 12.2. The topological polar surface area (TPSA) is 105 Å². The maximum Gasteiger partial charge on any atom is 0.472 e. The third-order valence-corrected chi connectivity index (χ3v) is 11.6. The second-order valence-electron chi connectivity index (χ2n) is 17.2. The molecule has 0 fully saturated rings. The first-order valence-electron chi connectivity index (χ1n) is 22.8. The Labute approximate surface area is 329 Å². The van der Waals surface area contributed by atoms with Crippen molar-refractivity contribution < 1.29 is 32.9 Å². The number of hydrogen-bond donors (Lipinski definition) is 3. The molecule has 9 heteroatoms. The van der Waals surface area contributed by atoms with Crippen LogP contribution in [0.2, 0.25) is 0 Å². The minimum absolute atomic E-state index is 0.0737. The van der Waals surface area contributed by atoms with Crippen LogP contribution in [0, 0.1) is 0 Å². The van der Waals surface area contributed by atoms with Gasteiger partial charge in [0, 0.05) is 6.92 Å². The molecule has 0 aromatic heterocycles. The van der Waals surface area contributed by atoms with E-state index in [9.17, 15) is 19.4 Å². The number of carbonyl (C=O) groups is 1. The molecule has 8 nitrogen and oxygen atoms in total. The average molecular weight is 776 g/mol. The van der Waals surface area contributed by atoms with Gasteiger partial charge in [-0.2, -0.15) is 0 Å². The van der Waals surface area contributed by atoms with Gasteiger partial charge in [-0.3, -0.25) is 13.8 Å². The molecule has 0 radical (unpaired) electrons. The summed E-state index contributed by atoms with van der Waals surface area (Å²) in [5.74, 6) is -0.317. The third-order valence-electron chi connectivity index (χ3n) is 10.6. The smallest absolute Gasteiger partial charge is 0.391 e. The van der Waals surface area contributed by atoms with Gasteiger partial charge in [-0.1, -0.05) is 212 Å². The fourth-order valence-corrected chi connectivity index (χ4v) is 7.82. The van der Waals surface area contributed by atoms with Crippen molar-refractivity contribution in [3.63, 3.8) is 0 Å². The maximum absolute atomic E-state index is 12.2. The summed E-state index contributed by atoms with van der Waals surface area (Å²) in [6, 6.07) is -0.756. The second-order valence-corrected chi connectivity index (χ2v) is 18.7. The SMILES string of the molecule is CCCCCCCCCCCCCCCCCCCCCCCCCCCCCCCCCCC(O)C(COP(=O)(O)OCC[N+](C)(C)C)NC(C)=O. The van der Waals surface area contributed by atoms with Crippen LogP contribution in [0.15, 0.2) is 0 Å². The molecule has 0 aliphatic rings. The first-order chi connectivity index (χ1) is 25.5. The highest BCUT2D eigenvalue weighted by atomic mass is 31.2. The molecule has 3 N–H and O–H groups in total. The molecular formula is C44H92N2O6P+. The van der Waals surface area contributed by atoms with Crippen LogP contribution < -0.4 is 5.32 Å². The van der Waals surface area contributed by atoms with Gasteiger partial charge in [-0.15, -0.1) is 0 Å². The number of quaternary nitrogens is 1. The summed E-state index contributed by atoms with van der Waals surface area (Å²) < 4.78 is 23.0. The van der Waals surface area contributed by atoms with Crippen molar-refractivity contribution in [2.45, 2.75) is 238 Å². The Kier molecular flexibility index (Phi) is 36.7. The molecule has 0 aliphatic heterocycles. The molecule has 0 aromatic carbocycles. The van der Waals surface area contributed by atoms with E-state index in [-0.39, 0.29) is 19.1 Å². The Morgan fingerprint density at radius 1 is 0.566 bits per heavy atom. The normalized spacial score (nSPS) is 14.3. The summed E-state index contributed by atoms with van der Waals surface area (Å²) in [6.07, 6.45) is 43.7. The fraction of sp³-hybridized carbons (Fsp3) is 0.977. The molecular weight excluding hydrogens is 683 g/mol. The van der Waals surface area contributed by atoms with E-state index in [4.69, 9.17) is 9.05 Å². The molecule has 3 atom stereocenters. The predicted molar refractivity (Wildman–Crippen MR) is 226 cm³/mol. The van der Waals surface area contributed by atoms with E-state index in [0.29, 0.717) is 17.4 Å². The zero-order valence-electron chi connectivity index (χ0n) is 36.0. The van der Waals surface area contributed by atoms with Gasteiger partial charge in [-0.25, -0.2) is 4.57 Å². The molecule has 0 saturated heterocycles. The molecule has 3 unspecified atom stereocenters. The average Bonchev–Trinajstić information content (AvgIpc) is 3.09. The Bertz CT molecular complexity index is 839. The van der Waals surface area contributed by atoms with E-state index in [1.807, 2.05) is 21.1 Å². The number of likely N-dealkylation sites (N-methyl/N-ethyl adjacent to an activating group) is 1. The summed E-state index contributed by atoms with van der Waals surface area (Å²) in [6.45, 7) is 4.00. The number of rotatable bonds is 42. The van der Waals surface area contributed by atoms with Crippen LogP contribution >= 0.6 is 7.82 Å². The lowest BCUT2D eigenvalue weighted by atomic mass is 10.0. The highest BCUT2D eigenvalue weighted by Gasteiger charge is 2.28. The Morgan fingerprint density at radius 3 is 1.15 bits per heavy atom. The van der Waals surface area contributed by atoms with Crippen molar-refractivity contribution in [3.05, 3.63) is 0 Å². The van der Waals surface area contributed by atoms with Crippen LogP contribution in [0.1, 0.15) is 226 Å². The minimum atomic E-state index is -4.26. The van der Waals surface area contributed by atoms with Gasteiger partial charge < -0.3 is 19.8 Å². The fourth-order valence-electron chi connectivity index (χ4n) is 7.08. The number of hydrogen-bond acceptors (Lipinski definition) is 5. The van der Waals surface area contributed by atoms with E-state index in [0.717, 1.165) is 19.3 Å². The summed E-state index contributed by atoms with van der Waals surface area (Å²) in [5, 5.41) is 13.3. The molecule has 0 bridgehead atoms. The summed E-state index contributed by atoms with van der Waals surface area (Å²) in [5.41, 5.74) is 0. The largest absolute Gasteiger partial charge is 0.472 e. The highest BCUT2D eigenvalue weighted by Crippen LogP contribution is 2.43.